The lowest BCUT2D eigenvalue weighted by atomic mass is 10.2. The summed E-state index contributed by atoms with van der Waals surface area (Å²) in [4.78, 5) is 10.5. The van der Waals surface area contributed by atoms with Crippen molar-refractivity contribution in [3.63, 3.8) is 0 Å². The molecule has 72 valence electrons. The van der Waals surface area contributed by atoms with Gasteiger partial charge in [-0.05, 0) is 13.0 Å². The maximum Gasteiger partial charge on any atom is 0.218 e. The van der Waals surface area contributed by atoms with Crippen LogP contribution in [0.5, 0.6) is 0 Å². The van der Waals surface area contributed by atoms with Crippen molar-refractivity contribution in [2.24, 2.45) is 5.73 Å². The molecule has 0 saturated carbocycles. The van der Waals surface area contributed by atoms with E-state index in [9.17, 15) is 4.79 Å². The Morgan fingerprint density at radius 2 is 2.54 bits per heavy atom. The van der Waals surface area contributed by atoms with Gasteiger partial charge in [0, 0.05) is 24.6 Å². The molecule has 0 saturated heterocycles. The van der Waals surface area contributed by atoms with Gasteiger partial charge in [0.25, 0.3) is 0 Å². The summed E-state index contributed by atoms with van der Waals surface area (Å²) in [5, 5.41) is 3.16. The predicted octanol–water partition coefficient (Wildman–Crippen LogP) is 0.633. The summed E-state index contributed by atoms with van der Waals surface area (Å²) in [6.45, 7) is 2.62. The standard InChI is InChI=1S/C9H14N2O2/c1-7(4-9(10)12)11-5-8-2-3-13-6-8/h2-3,6-7,11H,4-5H2,1H3,(H2,10,12). The number of carbonyl (C=O) groups excluding carboxylic acids is 1. The lowest BCUT2D eigenvalue weighted by Gasteiger charge is -2.09. The summed E-state index contributed by atoms with van der Waals surface area (Å²) < 4.78 is 4.90. The van der Waals surface area contributed by atoms with Crippen LogP contribution < -0.4 is 11.1 Å². The number of nitrogens with two attached hydrogens (primary N) is 1. The number of hydrogen-bond donors (Lipinski definition) is 2. The Kier molecular flexibility index (Phi) is 3.52. The average molecular weight is 182 g/mol. The van der Waals surface area contributed by atoms with Crippen LogP contribution in [0.1, 0.15) is 18.9 Å². The molecule has 0 aliphatic carbocycles. The molecule has 1 aromatic rings. The van der Waals surface area contributed by atoms with Crippen LogP contribution in [0.4, 0.5) is 0 Å². The minimum atomic E-state index is -0.285. The third-order valence-corrected chi connectivity index (χ3v) is 1.74. The van der Waals surface area contributed by atoms with Crippen molar-refractivity contribution in [2.45, 2.75) is 25.9 Å². The summed E-state index contributed by atoms with van der Waals surface area (Å²) in [7, 11) is 0. The van der Waals surface area contributed by atoms with Crippen LogP contribution in [0.25, 0.3) is 0 Å². The fraction of sp³-hybridized carbons (Fsp3) is 0.444. The van der Waals surface area contributed by atoms with E-state index in [1.165, 1.54) is 0 Å². The quantitative estimate of drug-likeness (QED) is 0.701. The summed E-state index contributed by atoms with van der Waals surface area (Å²) in [5.74, 6) is -0.285. The van der Waals surface area contributed by atoms with Gasteiger partial charge < -0.3 is 15.5 Å². The van der Waals surface area contributed by atoms with Gasteiger partial charge in [0.05, 0.1) is 12.5 Å². The van der Waals surface area contributed by atoms with Gasteiger partial charge in [-0.3, -0.25) is 4.79 Å². The van der Waals surface area contributed by atoms with E-state index in [1.807, 2.05) is 13.0 Å². The molecule has 0 radical (unpaired) electrons. The van der Waals surface area contributed by atoms with E-state index in [1.54, 1.807) is 12.5 Å². The molecule has 0 aliphatic heterocycles. The molecule has 0 fully saturated rings. The molecule has 1 rings (SSSR count). The van der Waals surface area contributed by atoms with Crippen LogP contribution in [-0.4, -0.2) is 11.9 Å². The third kappa shape index (κ3) is 3.75. The van der Waals surface area contributed by atoms with E-state index in [4.69, 9.17) is 10.2 Å². The zero-order valence-corrected chi connectivity index (χ0v) is 7.62. The molecular weight excluding hydrogens is 168 g/mol. The van der Waals surface area contributed by atoms with E-state index in [2.05, 4.69) is 5.32 Å². The highest BCUT2D eigenvalue weighted by Crippen LogP contribution is 2.00. The van der Waals surface area contributed by atoms with Crippen molar-refractivity contribution in [2.75, 3.05) is 0 Å². The Hall–Kier alpha value is -1.29. The van der Waals surface area contributed by atoms with Gasteiger partial charge in [-0.1, -0.05) is 0 Å². The Morgan fingerprint density at radius 3 is 3.08 bits per heavy atom. The van der Waals surface area contributed by atoms with E-state index >= 15 is 0 Å². The van der Waals surface area contributed by atoms with Crippen LogP contribution in [0, 0.1) is 0 Å². The SMILES string of the molecule is CC(CC(N)=O)NCc1ccoc1. The lowest BCUT2D eigenvalue weighted by molar-refractivity contribution is -0.118. The molecule has 3 N–H and O–H groups in total. The Morgan fingerprint density at radius 1 is 1.77 bits per heavy atom. The number of primary amides is 1. The molecule has 1 unspecified atom stereocenters. The molecule has 1 heterocycles. The summed E-state index contributed by atoms with van der Waals surface area (Å²) in [5.41, 5.74) is 6.11. The minimum absolute atomic E-state index is 0.104. The van der Waals surface area contributed by atoms with Gasteiger partial charge in [0.15, 0.2) is 0 Å². The predicted molar refractivity (Wildman–Crippen MR) is 48.8 cm³/mol. The van der Waals surface area contributed by atoms with Gasteiger partial charge in [0.1, 0.15) is 0 Å². The van der Waals surface area contributed by atoms with Gasteiger partial charge in [-0.2, -0.15) is 0 Å². The van der Waals surface area contributed by atoms with E-state index in [0.717, 1.165) is 5.56 Å². The summed E-state index contributed by atoms with van der Waals surface area (Å²) in [6, 6.07) is 1.98. The highest BCUT2D eigenvalue weighted by Gasteiger charge is 2.04. The van der Waals surface area contributed by atoms with Gasteiger partial charge in [-0.25, -0.2) is 0 Å². The molecule has 0 spiro atoms. The molecule has 1 aromatic heterocycles. The largest absolute Gasteiger partial charge is 0.472 e. The van der Waals surface area contributed by atoms with Crippen LogP contribution >= 0.6 is 0 Å². The molecule has 0 bridgehead atoms. The number of hydrogen-bond acceptors (Lipinski definition) is 3. The average Bonchev–Trinajstić information content (AvgIpc) is 2.51. The maximum absolute atomic E-state index is 10.5. The van der Waals surface area contributed by atoms with Crippen molar-refractivity contribution in [3.05, 3.63) is 24.2 Å². The highest BCUT2D eigenvalue weighted by atomic mass is 16.3. The first-order chi connectivity index (χ1) is 6.18. The molecule has 4 nitrogen and oxygen atoms in total. The van der Waals surface area contributed by atoms with E-state index in [-0.39, 0.29) is 11.9 Å². The van der Waals surface area contributed by atoms with Crippen molar-refractivity contribution in [3.8, 4) is 0 Å². The van der Waals surface area contributed by atoms with Gasteiger partial charge in [0.2, 0.25) is 5.91 Å². The zero-order chi connectivity index (χ0) is 9.68. The fourth-order valence-corrected chi connectivity index (χ4v) is 1.06. The van der Waals surface area contributed by atoms with Crippen molar-refractivity contribution in [1.29, 1.82) is 0 Å². The van der Waals surface area contributed by atoms with Gasteiger partial charge in [-0.15, -0.1) is 0 Å². The number of furan rings is 1. The Bertz CT molecular complexity index is 257. The molecule has 0 aliphatic rings. The van der Waals surface area contributed by atoms with Crippen LogP contribution in [0.15, 0.2) is 23.0 Å². The maximum atomic E-state index is 10.5. The van der Waals surface area contributed by atoms with Gasteiger partial charge >= 0.3 is 0 Å². The second-order valence-electron chi connectivity index (χ2n) is 3.08. The molecule has 13 heavy (non-hydrogen) atoms. The normalized spacial score (nSPS) is 12.7. The summed E-state index contributed by atoms with van der Waals surface area (Å²) >= 11 is 0. The van der Waals surface area contributed by atoms with Crippen LogP contribution in [0.3, 0.4) is 0 Å². The second-order valence-corrected chi connectivity index (χ2v) is 3.08. The first-order valence-corrected chi connectivity index (χ1v) is 4.21. The van der Waals surface area contributed by atoms with Crippen molar-refractivity contribution >= 4 is 5.91 Å². The molecule has 1 amide bonds. The fourth-order valence-electron chi connectivity index (χ4n) is 1.06. The van der Waals surface area contributed by atoms with Crippen molar-refractivity contribution in [1.82, 2.24) is 5.32 Å². The minimum Gasteiger partial charge on any atom is -0.472 e. The third-order valence-electron chi connectivity index (χ3n) is 1.74. The number of amides is 1. The van der Waals surface area contributed by atoms with Crippen molar-refractivity contribution < 1.29 is 9.21 Å². The number of nitrogens with one attached hydrogen (secondary N) is 1. The number of carbonyl (C=O) groups is 1. The first-order valence-electron chi connectivity index (χ1n) is 4.21. The van der Waals surface area contributed by atoms with E-state index in [0.29, 0.717) is 13.0 Å². The Balaban J connectivity index is 2.22. The molecular formula is C9H14N2O2. The molecule has 0 aromatic carbocycles. The van der Waals surface area contributed by atoms with Crippen LogP contribution in [-0.2, 0) is 11.3 Å². The highest BCUT2D eigenvalue weighted by molar-refractivity contribution is 5.74. The van der Waals surface area contributed by atoms with Crippen LogP contribution in [0.2, 0.25) is 0 Å². The zero-order valence-electron chi connectivity index (χ0n) is 7.62. The lowest BCUT2D eigenvalue weighted by Crippen LogP contribution is -2.30. The number of rotatable bonds is 5. The first kappa shape index (κ1) is 9.80. The summed E-state index contributed by atoms with van der Waals surface area (Å²) in [6.07, 6.45) is 3.65. The molecule has 4 heteroatoms. The van der Waals surface area contributed by atoms with E-state index < -0.39 is 0 Å². The smallest absolute Gasteiger partial charge is 0.218 e. The Labute approximate surface area is 77.1 Å². The molecule has 1 atom stereocenters. The second kappa shape index (κ2) is 4.67. The topological polar surface area (TPSA) is 68.3 Å². The monoisotopic (exact) mass is 182 g/mol.